The van der Waals surface area contributed by atoms with Gasteiger partial charge in [0.05, 0.1) is 28.9 Å². The van der Waals surface area contributed by atoms with Gasteiger partial charge in [-0.15, -0.1) is 0 Å². The van der Waals surface area contributed by atoms with Crippen molar-refractivity contribution in [2.75, 3.05) is 6.61 Å². The van der Waals surface area contributed by atoms with Crippen LogP contribution in [0.3, 0.4) is 0 Å². The molecule has 224 valence electrons. The van der Waals surface area contributed by atoms with Crippen LogP contribution < -0.4 is 25.7 Å². The van der Waals surface area contributed by atoms with Crippen LogP contribution in [-0.2, 0) is 9.53 Å². The molecule has 1 heterocycles. The normalized spacial score (nSPS) is 11.4. The molecule has 0 saturated heterocycles. The lowest BCUT2D eigenvalue weighted by Gasteiger charge is -2.20. The summed E-state index contributed by atoms with van der Waals surface area (Å²) in [5.41, 5.74) is 8.82. The van der Waals surface area contributed by atoms with Gasteiger partial charge in [-0.1, -0.05) is 6.07 Å². The van der Waals surface area contributed by atoms with Crippen molar-refractivity contribution >= 4 is 29.3 Å². The maximum atomic E-state index is 12.9. The summed E-state index contributed by atoms with van der Waals surface area (Å²) in [6.45, 7) is 3.75. The van der Waals surface area contributed by atoms with Gasteiger partial charge in [-0.2, -0.15) is 15.2 Å². The fourth-order valence-electron chi connectivity index (χ4n) is 3.20. The first-order valence-electron chi connectivity index (χ1n) is 12.1. The molecule has 0 fully saturated rings. The molecule has 0 aliphatic rings. The van der Waals surface area contributed by atoms with Crippen LogP contribution in [0.1, 0.15) is 36.7 Å². The first-order chi connectivity index (χ1) is 20.2. The van der Waals surface area contributed by atoms with Gasteiger partial charge in [0, 0.05) is 6.07 Å². The molecule has 0 aliphatic carbocycles. The smallest absolute Gasteiger partial charge is 0.392 e. The second-order valence-corrected chi connectivity index (χ2v) is 9.41. The predicted octanol–water partition coefficient (Wildman–Crippen LogP) is 2.53. The van der Waals surface area contributed by atoms with Gasteiger partial charge in [-0.05, 0) is 51.1 Å². The number of esters is 1. The highest BCUT2D eigenvalue weighted by Gasteiger charge is 2.34. The topological polar surface area (TPSA) is 269 Å². The Hall–Kier alpha value is -6.02. The van der Waals surface area contributed by atoms with E-state index in [1.807, 2.05) is 6.07 Å². The maximum Gasteiger partial charge on any atom is 0.392 e. The van der Waals surface area contributed by atoms with E-state index < -0.39 is 58.6 Å². The summed E-state index contributed by atoms with van der Waals surface area (Å²) in [5, 5.41) is 40.3. The van der Waals surface area contributed by atoms with E-state index in [4.69, 9.17) is 30.4 Å². The fourth-order valence-corrected chi connectivity index (χ4v) is 3.20. The lowest BCUT2D eigenvalue weighted by atomic mass is 10.1. The average molecular weight is 596 g/mol. The number of carboxylic acids is 1. The molecule has 2 aromatic carbocycles. The van der Waals surface area contributed by atoms with Crippen LogP contribution in [-0.4, -0.2) is 61.3 Å². The van der Waals surface area contributed by atoms with E-state index >= 15 is 0 Å². The van der Waals surface area contributed by atoms with Crippen molar-refractivity contribution in [3.8, 4) is 35.3 Å². The Morgan fingerprint density at radius 2 is 1.84 bits per heavy atom. The van der Waals surface area contributed by atoms with Crippen molar-refractivity contribution in [3.63, 3.8) is 0 Å². The number of carboxylic acid groups (broad SMARTS) is 1. The molecular formula is C26H25N7O10. The van der Waals surface area contributed by atoms with Gasteiger partial charge in [-0.25, -0.2) is 14.6 Å². The zero-order valence-electron chi connectivity index (χ0n) is 22.9. The quantitative estimate of drug-likeness (QED) is 0.0815. The van der Waals surface area contributed by atoms with E-state index in [0.29, 0.717) is 0 Å². The SMILES string of the molecule is CC(C)(C)OC(=O)c1ccc(C#N)cc1Oc1nc(Oc2cccc(N=C(N)N)c2)nc(OC(CO)C(=O)O)c1[N+](=O)[O-]. The third-order valence-electron chi connectivity index (χ3n) is 4.90. The Labute approximate surface area is 243 Å². The molecule has 1 atom stereocenters. The molecule has 6 N–H and O–H groups in total. The third-order valence-corrected chi connectivity index (χ3v) is 4.90. The molecule has 3 rings (SSSR count). The molecule has 0 aliphatic heterocycles. The molecule has 1 aromatic heterocycles. The van der Waals surface area contributed by atoms with Crippen molar-refractivity contribution in [1.82, 2.24) is 9.97 Å². The van der Waals surface area contributed by atoms with Gasteiger partial charge in [-0.3, -0.25) is 10.1 Å². The summed E-state index contributed by atoms with van der Waals surface area (Å²) in [6, 6.07) is 10.7. The van der Waals surface area contributed by atoms with Crippen LogP contribution in [0.4, 0.5) is 11.4 Å². The number of aromatic nitrogens is 2. The summed E-state index contributed by atoms with van der Waals surface area (Å²) in [6.07, 6.45) is -1.99. The molecule has 17 heteroatoms. The van der Waals surface area contributed by atoms with Crippen molar-refractivity contribution in [2.45, 2.75) is 32.5 Å². The van der Waals surface area contributed by atoms with E-state index in [-0.39, 0.29) is 34.3 Å². The molecule has 0 amide bonds. The number of aliphatic carboxylic acids is 1. The number of hydrogen-bond donors (Lipinski definition) is 4. The van der Waals surface area contributed by atoms with Gasteiger partial charge in [0.2, 0.25) is 6.10 Å². The summed E-state index contributed by atoms with van der Waals surface area (Å²) in [5.74, 6) is -4.97. The molecule has 0 bridgehead atoms. The van der Waals surface area contributed by atoms with Gasteiger partial charge < -0.3 is 40.6 Å². The lowest BCUT2D eigenvalue weighted by molar-refractivity contribution is -0.387. The number of nitrogens with zero attached hydrogens (tertiary/aromatic N) is 5. The zero-order chi connectivity index (χ0) is 31.9. The molecule has 0 spiro atoms. The Morgan fingerprint density at radius 1 is 1.14 bits per heavy atom. The van der Waals surface area contributed by atoms with E-state index in [1.165, 1.54) is 36.4 Å². The Morgan fingerprint density at radius 3 is 2.42 bits per heavy atom. The molecular weight excluding hydrogens is 570 g/mol. The molecule has 17 nitrogen and oxygen atoms in total. The number of nitrogens with two attached hydrogens (primary N) is 2. The second kappa shape index (κ2) is 13.1. The third kappa shape index (κ3) is 8.48. The molecule has 3 aromatic rings. The zero-order valence-corrected chi connectivity index (χ0v) is 22.9. The highest BCUT2D eigenvalue weighted by atomic mass is 16.6. The van der Waals surface area contributed by atoms with Crippen LogP contribution in [0.5, 0.6) is 29.3 Å². The predicted molar refractivity (Wildman–Crippen MR) is 146 cm³/mol. The van der Waals surface area contributed by atoms with Gasteiger partial charge in [0.1, 0.15) is 22.7 Å². The molecule has 43 heavy (non-hydrogen) atoms. The number of guanidine groups is 1. The van der Waals surface area contributed by atoms with Gasteiger partial charge in [0.15, 0.2) is 5.96 Å². The number of nitriles is 1. The second-order valence-electron chi connectivity index (χ2n) is 9.41. The van der Waals surface area contributed by atoms with E-state index in [2.05, 4.69) is 15.0 Å². The van der Waals surface area contributed by atoms with E-state index in [1.54, 1.807) is 20.8 Å². The summed E-state index contributed by atoms with van der Waals surface area (Å²) in [4.78, 5) is 47.2. The standard InChI is InChI=1S/C26H25N7O10/c1-26(2,3)43-23(37)16-8-7-13(11-27)9-17(16)41-20-19(33(38)39)21(42-18(12-34)22(35)36)32-25(31-20)40-15-6-4-5-14(10-15)30-24(28)29/h4-10,18,34H,12H2,1-3H3,(H,35,36)(H4,28,29,30). The minimum absolute atomic E-state index is 0.00901. The Balaban J connectivity index is 2.22. The molecule has 0 saturated carbocycles. The van der Waals surface area contributed by atoms with Crippen LogP contribution in [0, 0.1) is 21.4 Å². The summed E-state index contributed by atoms with van der Waals surface area (Å²) >= 11 is 0. The van der Waals surface area contributed by atoms with Crippen molar-refractivity contribution < 1.29 is 43.7 Å². The number of hydrogen-bond acceptors (Lipinski definition) is 13. The average Bonchev–Trinajstić information content (AvgIpc) is 2.90. The summed E-state index contributed by atoms with van der Waals surface area (Å²) in [7, 11) is 0. The highest BCUT2D eigenvalue weighted by Crippen LogP contribution is 2.40. The minimum atomic E-state index is -1.99. The van der Waals surface area contributed by atoms with E-state index in [0.717, 1.165) is 6.07 Å². The minimum Gasteiger partial charge on any atom is -0.478 e. The van der Waals surface area contributed by atoms with Crippen LogP contribution >= 0.6 is 0 Å². The van der Waals surface area contributed by atoms with Gasteiger partial charge >= 0.3 is 35.4 Å². The van der Waals surface area contributed by atoms with Crippen LogP contribution in [0.2, 0.25) is 0 Å². The first kappa shape index (κ1) is 31.5. The largest absolute Gasteiger partial charge is 0.478 e. The Kier molecular flexibility index (Phi) is 9.60. The number of aliphatic hydroxyl groups is 1. The maximum absolute atomic E-state index is 12.9. The highest BCUT2D eigenvalue weighted by molar-refractivity contribution is 5.93. The number of carbonyl (C=O) groups excluding carboxylic acids is 1. The number of rotatable bonds is 11. The van der Waals surface area contributed by atoms with E-state index in [9.17, 15) is 35.2 Å². The van der Waals surface area contributed by atoms with Crippen LogP contribution in [0.25, 0.3) is 0 Å². The van der Waals surface area contributed by atoms with Crippen LogP contribution in [0.15, 0.2) is 47.5 Å². The van der Waals surface area contributed by atoms with Crippen molar-refractivity contribution in [1.29, 1.82) is 5.26 Å². The number of benzene rings is 2. The molecule has 0 radical (unpaired) electrons. The number of ether oxygens (including phenoxy) is 4. The fraction of sp³-hybridized carbons (Fsp3) is 0.231. The number of aliphatic hydroxyl groups excluding tert-OH is 1. The Bertz CT molecular complexity index is 1630. The summed E-state index contributed by atoms with van der Waals surface area (Å²) < 4.78 is 21.8. The van der Waals surface area contributed by atoms with Gasteiger partial charge in [0.25, 0.3) is 0 Å². The number of aliphatic imine (C=N–C) groups is 1. The molecule has 1 unspecified atom stereocenters. The lowest BCUT2D eigenvalue weighted by Crippen LogP contribution is -2.31. The first-order valence-corrected chi connectivity index (χ1v) is 12.1. The monoisotopic (exact) mass is 595 g/mol. The van der Waals surface area contributed by atoms with Crippen molar-refractivity contribution in [2.24, 2.45) is 16.5 Å². The number of nitro groups is 1. The van der Waals surface area contributed by atoms with Crippen molar-refractivity contribution in [3.05, 3.63) is 63.7 Å². The number of carbonyl (C=O) groups is 2.